The highest BCUT2D eigenvalue weighted by Crippen LogP contribution is 2.41. The van der Waals surface area contributed by atoms with Crippen molar-refractivity contribution >= 4 is 17.4 Å². The summed E-state index contributed by atoms with van der Waals surface area (Å²) in [4.78, 5) is 27.7. The Labute approximate surface area is 202 Å². The average Bonchev–Trinajstić information content (AvgIpc) is 3.51. The highest BCUT2D eigenvalue weighted by atomic mass is 16.5. The van der Waals surface area contributed by atoms with Crippen LogP contribution in [0, 0.1) is 0 Å². The van der Waals surface area contributed by atoms with Crippen molar-refractivity contribution in [1.29, 1.82) is 0 Å². The van der Waals surface area contributed by atoms with Gasteiger partial charge in [-0.05, 0) is 35.4 Å². The number of ether oxygens (including phenoxy) is 1. The van der Waals surface area contributed by atoms with Crippen molar-refractivity contribution in [2.24, 2.45) is 0 Å². The van der Waals surface area contributed by atoms with Crippen LogP contribution in [0.2, 0.25) is 0 Å². The Hall–Kier alpha value is -4.58. The van der Waals surface area contributed by atoms with E-state index in [0.29, 0.717) is 29.2 Å². The molecule has 1 amide bonds. The van der Waals surface area contributed by atoms with E-state index in [1.54, 1.807) is 42.5 Å². The van der Waals surface area contributed by atoms with Crippen molar-refractivity contribution in [3.05, 3.63) is 131 Å². The first kappa shape index (κ1) is 22.2. The van der Waals surface area contributed by atoms with E-state index in [4.69, 9.17) is 9.15 Å². The molecule has 1 fully saturated rings. The maximum Gasteiger partial charge on any atom is 0.296 e. The minimum atomic E-state index is -0.805. The second-order valence-electron chi connectivity index (χ2n) is 8.22. The fourth-order valence-electron chi connectivity index (χ4n) is 4.23. The Morgan fingerprint density at radius 3 is 2.34 bits per heavy atom. The van der Waals surface area contributed by atoms with Crippen LogP contribution in [0.5, 0.6) is 5.75 Å². The van der Waals surface area contributed by atoms with Crippen LogP contribution in [0.4, 0.5) is 0 Å². The summed E-state index contributed by atoms with van der Waals surface area (Å²) in [6.07, 6.45) is 1.52. The van der Waals surface area contributed by atoms with E-state index < -0.39 is 17.7 Å². The molecule has 2 heterocycles. The first-order valence-corrected chi connectivity index (χ1v) is 11.2. The number of amides is 1. The molecule has 174 valence electrons. The lowest BCUT2D eigenvalue weighted by atomic mass is 9.95. The van der Waals surface area contributed by atoms with Crippen LogP contribution in [-0.2, 0) is 22.7 Å². The molecule has 1 saturated heterocycles. The van der Waals surface area contributed by atoms with Crippen LogP contribution in [0.3, 0.4) is 0 Å². The number of furan rings is 1. The van der Waals surface area contributed by atoms with Gasteiger partial charge in [-0.25, -0.2) is 0 Å². The van der Waals surface area contributed by atoms with E-state index in [1.165, 1.54) is 11.2 Å². The van der Waals surface area contributed by atoms with Gasteiger partial charge in [0.25, 0.3) is 11.7 Å². The summed E-state index contributed by atoms with van der Waals surface area (Å²) in [5.74, 6) is -0.521. The Morgan fingerprint density at radius 1 is 0.886 bits per heavy atom. The number of carbonyl (C=O) groups is 2. The Bertz CT molecular complexity index is 1360. The van der Waals surface area contributed by atoms with Gasteiger partial charge >= 0.3 is 0 Å². The summed E-state index contributed by atoms with van der Waals surface area (Å²) in [7, 11) is 0. The van der Waals surface area contributed by atoms with E-state index in [1.807, 2.05) is 54.6 Å². The van der Waals surface area contributed by atoms with Gasteiger partial charge in [-0.15, -0.1) is 0 Å². The zero-order valence-corrected chi connectivity index (χ0v) is 18.8. The molecule has 6 heteroatoms. The maximum absolute atomic E-state index is 13.2. The topological polar surface area (TPSA) is 80.0 Å². The van der Waals surface area contributed by atoms with Gasteiger partial charge in [-0.2, -0.15) is 0 Å². The van der Waals surface area contributed by atoms with Crippen molar-refractivity contribution in [2.75, 3.05) is 0 Å². The molecule has 1 aliphatic rings. The van der Waals surface area contributed by atoms with E-state index >= 15 is 0 Å². The fourth-order valence-corrected chi connectivity index (χ4v) is 4.23. The summed E-state index contributed by atoms with van der Waals surface area (Å²) < 4.78 is 11.4. The second-order valence-corrected chi connectivity index (χ2v) is 8.22. The second kappa shape index (κ2) is 9.73. The molecule has 5 rings (SSSR count). The molecule has 1 atom stereocenters. The number of aliphatic hydroxyl groups excluding tert-OH is 1. The number of likely N-dealkylation sites (tertiary alicyclic amines) is 1. The molecule has 0 aliphatic carbocycles. The van der Waals surface area contributed by atoms with Gasteiger partial charge < -0.3 is 19.2 Å². The van der Waals surface area contributed by atoms with Crippen LogP contribution < -0.4 is 4.74 Å². The molecule has 1 N–H and O–H groups in total. The van der Waals surface area contributed by atoms with E-state index in [-0.39, 0.29) is 17.9 Å². The van der Waals surface area contributed by atoms with Gasteiger partial charge in [0.1, 0.15) is 23.9 Å². The number of ketones is 1. The van der Waals surface area contributed by atoms with Gasteiger partial charge in [-0.3, -0.25) is 9.59 Å². The number of aliphatic hydroxyl groups is 1. The third-order valence-corrected chi connectivity index (χ3v) is 5.92. The number of Topliss-reactive ketones (excluding diaryl/α,β-unsaturated/α-hetero) is 1. The quantitative estimate of drug-likeness (QED) is 0.222. The monoisotopic (exact) mass is 465 g/mol. The molecule has 4 aromatic rings. The zero-order chi connectivity index (χ0) is 24.2. The van der Waals surface area contributed by atoms with Gasteiger partial charge in [0.15, 0.2) is 0 Å². The molecule has 6 nitrogen and oxygen atoms in total. The standard InChI is InChI=1S/C29H23NO5/c31-27(21-11-5-2-6-12-21)25-26(30(29(33)28(25)32)18-24-15-8-16-34-24)22-13-7-14-23(17-22)35-19-20-9-3-1-4-10-20/h1-17,26,31H,18-19H2/b27-25-. The van der Waals surface area contributed by atoms with Crippen LogP contribution in [0.15, 0.2) is 113 Å². The number of hydrogen-bond acceptors (Lipinski definition) is 5. The average molecular weight is 466 g/mol. The fraction of sp³-hybridized carbons (Fsp3) is 0.103. The minimum absolute atomic E-state index is 0.0352. The SMILES string of the molecule is O=C1C(=O)N(Cc2ccco2)C(c2cccc(OCc3ccccc3)c2)/C1=C(/O)c1ccccc1. The van der Waals surface area contributed by atoms with Gasteiger partial charge in [0, 0.05) is 5.56 Å². The molecule has 1 aliphatic heterocycles. The van der Waals surface area contributed by atoms with E-state index in [9.17, 15) is 14.7 Å². The number of rotatable bonds is 7. The molecule has 0 radical (unpaired) electrons. The molecule has 35 heavy (non-hydrogen) atoms. The van der Waals surface area contributed by atoms with Crippen LogP contribution in [0.25, 0.3) is 5.76 Å². The maximum atomic E-state index is 13.2. The lowest BCUT2D eigenvalue weighted by molar-refractivity contribution is -0.140. The van der Waals surface area contributed by atoms with Crippen LogP contribution >= 0.6 is 0 Å². The smallest absolute Gasteiger partial charge is 0.296 e. The van der Waals surface area contributed by atoms with Gasteiger partial charge in [0.05, 0.1) is 24.4 Å². The molecule has 3 aromatic carbocycles. The van der Waals surface area contributed by atoms with Crippen molar-refractivity contribution in [2.45, 2.75) is 19.2 Å². The summed E-state index contributed by atoms with van der Waals surface area (Å²) in [5, 5.41) is 11.1. The van der Waals surface area contributed by atoms with E-state index in [2.05, 4.69) is 0 Å². The zero-order valence-electron chi connectivity index (χ0n) is 18.8. The molecular weight excluding hydrogens is 442 g/mol. The molecule has 0 spiro atoms. The summed E-state index contributed by atoms with van der Waals surface area (Å²) >= 11 is 0. The summed E-state index contributed by atoms with van der Waals surface area (Å²) in [5.41, 5.74) is 2.17. The lowest BCUT2D eigenvalue weighted by Gasteiger charge is -2.25. The van der Waals surface area contributed by atoms with Crippen molar-refractivity contribution in [3.8, 4) is 5.75 Å². The normalized spacial score (nSPS) is 17.0. The first-order chi connectivity index (χ1) is 17.1. The Kier molecular flexibility index (Phi) is 6.18. The summed E-state index contributed by atoms with van der Waals surface area (Å²) in [6, 6.07) is 28.4. The number of nitrogens with zero attached hydrogens (tertiary/aromatic N) is 1. The number of hydrogen-bond donors (Lipinski definition) is 1. The van der Waals surface area contributed by atoms with Gasteiger partial charge in [0.2, 0.25) is 0 Å². The molecule has 1 unspecified atom stereocenters. The molecule has 0 bridgehead atoms. The largest absolute Gasteiger partial charge is 0.507 e. The molecular formula is C29H23NO5. The third-order valence-electron chi connectivity index (χ3n) is 5.92. The molecule has 1 aromatic heterocycles. The predicted molar refractivity (Wildman–Crippen MR) is 130 cm³/mol. The van der Waals surface area contributed by atoms with Crippen molar-refractivity contribution < 1.29 is 23.8 Å². The first-order valence-electron chi connectivity index (χ1n) is 11.2. The highest BCUT2D eigenvalue weighted by Gasteiger charge is 2.46. The van der Waals surface area contributed by atoms with E-state index in [0.717, 1.165) is 5.56 Å². The predicted octanol–water partition coefficient (Wildman–Crippen LogP) is 5.48. The molecule has 0 saturated carbocycles. The summed E-state index contributed by atoms with van der Waals surface area (Å²) in [6.45, 7) is 0.462. The van der Waals surface area contributed by atoms with Crippen LogP contribution in [-0.4, -0.2) is 21.7 Å². The Balaban J connectivity index is 1.55. The van der Waals surface area contributed by atoms with Crippen molar-refractivity contribution in [3.63, 3.8) is 0 Å². The number of carbonyl (C=O) groups excluding carboxylic acids is 2. The van der Waals surface area contributed by atoms with Crippen molar-refractivity contribution in [1.82, 2.24) is 4.90 Å². The lowest BCUT2D eigenvalue weighted by Crippen LogP contribution is -2.29. The van der Waals surface area contributed by atoms with Gasteiger partial charge in [-0.1, -0.05) is 72.8 Å². The third kappa shape index (κ3) is 4.59. The Morgan fingerprint density at radius 2 is 1.63 bits per heavy atom. The van der Waals surface area contributed by atoms with Crippen LogP contribution in [0.1, 0.15) is 28.5 Å². The highest BCUT2D eigenvalue weighted by molar-refractivity contribution is 6.46. The number of benzene rings is 3. The minimum Gasteiger partial charge on any atom is -0.507 e.